The molecule has 1 N–H and O–H groups in total. The van der Waals surface area contributed by atoms with Crippen molar-refractivity contribution in [1.29, 1.82) is 0 Å². The SMILES string of the molecule is CCOc1cccc2cc(-c3nc4sc5c(c4c(=O)[nH]3)CC[C@H](C(C)(C)C)C5)c(=O)oc12. The first-order chi connectivity index (χ1) is 15.3. The lowest BCUT2D eigenvalue weighted by Gasteiger charge is -2.33. The Balaban J connectivity index is 1.63. The van der Waals surface area contributed by atoms with E-state index in [1.165, 1.54) is 4.88 Å². The van der Waals surface area contributed by atoms with Gasteiger partial charge in [-0.15, -0.1) is 11.3 Å². The third-order valence-electron chi connectivity index (χ3n) is 6.42. The average Bonchev–Trinajstić information content (AvgIpc) is 3.11. The molecule has 0 fully saturated rings. The summed E-state index contributed by atoms with van der Waals surface area (Å²) < 4.78 is 11.1. The number of ether oxygens (including phenoxy) is 1. The highest BCUT2D eigenvalue weighted by Crippen LogP contribution is 2.42. The molecular weight excluding hydrogens is 424 g/mol. The van der Waals surface area contributed by atoms with E-state index >= 15 is 0 Å². The smallest absolute Gasteiger partial charge is 0.347 e. The monoisotopic (exact) mass is 450 g/mol. The number of rotatable bonds is 3. The molecule has 1 aromatic carbocycles. The second-order valence-electron chi connectivity index (χ2n) is 9.46. The second-order valence-corrected chi connectivity index (χ2v) is 10.5. The first-order valence-corrected chi connectivity index (χ1v) is 11.8. The van der Waals surface area contributed by atoms with Crippen molar-refractivity contribution in [2.45, 2.75) is 47.0 Å². The number of fused-ring (bicyclic) bond motifs is 4. The number of aromatic amines is 1. The summed E-state index contributed by atoms with van der Waals surface area (Å²) >= 11 is 1.58. The predicted octanol–water partition coefficient (Wildman–Crippen LogP) is 5.31. The fourth-order valence-corrected chi connectivity index (χ4v) is 5.90. The number of para-hydroxylation sites is 1. The molecule has 0 spiro atoms. The Bertz CT molecular complexity index is 1460. The minimum Gasteiger partial charge on any atom is -0.490 e. The first kappa shape index (κ1) is 20.9. The zero-order valence-corrected chi connectivity index (χ0v) is 19.5. The molecule has 0 saturated carbocycles. The minimum atomic E-state index is -0.554. The summed E-state index contributed by atoms with van der Waals surface area (Å²) in [6, 6.07) is 7.16. The summed E-state index contributed by atoms with van der Waals surface area (Å²) in [6.07, 6.45) is 2.92. The molecule has 0 amide bonds. The Morgan fingerprint density at radius 3 is 2.84 bits per heavy atom. The number of H-pyrrole nitrogens is 1. The van der Waals surface area contributed by atoms with Crippen LogP contribution in [0, 0.1) is 11.3 Å². The van der Waals surface area contributed by atoms with Crippen molar-refractivity contribution in [2.24, 2.45) is 11.3 Å². The highest BCUT2D eigenvalue weighted by Gasteiger charge is 2.31. The molecule has 1 aliphatic carbocycles. The van der Waals surface area contributed by atoms with Crippen LogP contribution in [0.3, 0.4) is 0 Å². The van der Waals surface area contributed by atoms with E-state index in [1.54, 1.807) is 23.5 Å². The van der Waals surface area contributed by atoms with E-state index in [0.29, 0.717) is 39.5 Å². The van der Waals surface area contributed by atoms with E-state index < -0.39 is 5.63 Å². The molecule has 1 aliphatic rings. The van der Waals surface area contributed by atoms with Gasteiger partial charge in [0.15, 0.2) is 11.3 Å². The van der Waals surface area contributed by atoms with Gasteiger partial charge in [-0.3, -0.25) is 4.79 Å². The normalized spacial score (nSPS) is 16.4. The number of aryl methyl sites for hydroxylation is 1. The van der Waals surface area contributed by atoms with Gasteiger partial charge in [-0.25, -0.2) is 9.78 Å². The number of hydrogen-bond acceptors (Lipinski definition) is 6. The van der Waals surface area contributed by atoms with Crippen molar-refractivity contribution < 1.29 is 9.15 Å². The molecule has 3 heterocycles. The topological polar surface area (TPSA) is 85.2 Å². The van der Waals surface area contributed by atoms with Crippen LogP contribution in [-0.2, 0) is 12.8 Å². The molecule has 32 heavy (non-hydrogen) atoms. The van der Waals surface area contributed by atoms with Crippen LogP contribution in [0.15, 0.2) is 38.3 Å². The molecule has 0 aliphatic heterocycles. The first-order valence-electron chi connectivity index (χ1n) is 11.0. The van der Waals surface area contributed by atoms with Gasteiger partial charge in [0.1, 0.15) is 16.2 Å². The summed E-state index contributed by atoms with van der Waals surface area (Å²) in [7, 11) is 0. The predicted molar refractivity (Wildman–Crippen MR) is 128 cm³/mol. The van der Waals surface area contributed by atoms with Crippen LogP contribution < -0.4 is 15.9 Å². The molecular formula is C25H26N2O4S. The van der Waals surface area contributed by atoms with Gasteiger partial charge < -0.3 is 14.1 Å². The lowest BCUT2D eigenvalue weighted by atomic mass is 9.72. The van der Waals surface area contributed by atoms with Crippen LogP contribution >= 0.6 is 11.3 Å². The molecule has 1 atom stereocenters. The highest BCUT2D eigenvalue weighted by atomic mass is 32.1. The van der Waals surface area contributed by atoms with E-state index in [9.17, 15) is 9.59 Å². The Kier molecular flexibility index (Phi) is 4.97. The molecule has 166 valence electrons. The standard InChI is InChI=1S/C25H26N2O4S/c1-5-30-17-8-6-7-13-11-16(24(29)31-20(13)17)21-26-22(28)19-15-10-9-14(25(2,3)4)12-18(15)32-23(19)27-21/h6-8,11,14H,5,9-10,12H2,1-4H3,(H,26,27,28)/t14-/m0/s1. The summed E-state index contributed by atoms with van der Waals surface area (Å²) in [6.45, 7) is 9.16. The van der Waals surface area contributed by atoms with E-state index in [2.05, 4.69) is 25.8 Å². The number of aromatic nitrogens is 2. The fourth-order valence-electron chi connectivity index (χ4n) is 4.60. The molecule has 0 saturated heterocycles. The minimum absolute atomic E-state index is 0.195. The van der Waals surface area contributed by atoms with Gasteiger partial charge in [0.25, 0.3) is 5.56 Å². The van der Waals surface area contributed by atoms with Crippen LogP contribution in [0.1, 0.15) is 44.6 Å². The van der Waals surface area contributed by atoms with Crippen molar-refractivity contribution >= 4 is 32.5 Å². The van der Waals surface area contributed by atoms with Crippen LogP contribution in [0.5, 0.6) is 5.75 Å². The fraction of sp³-hybridized carbons (Fsp3) is 0.400. The molecule has 0 bridgehead atoms. The van der Waals surface area contributed by atoms with Gasteiger partial charge in [-0.05, 0) is 55.2 Å². The maximum absolute atomic E-state index is 13.1. The molecule has 0 unspecified atom stereocenters. The third-order valence-corrected chi connectivity index (χ3v) is 7.57. The highest BCUT2D eigenvalue weighted by molar-refractivity contribution is 7.18. The van der Waals surface area contributed by atoms with E-state index in [1.807, 2.05) is 19.1 Å². The van der Waals surface area contributed by atoms with Crippen molar-refractivity contribution in [1.82, 2.24) is 9.97 Å². The maximum Gasteiger partial charge on any atom is 0.347 e. The lowest BCUT2D eigenvalue weighted by molar-refractivity contribution is 0.218. The molecule has 5 rings (SSSR count). The van der Waals surface area contributed by atoms with Crippen LogP contribution in [-0.4, -0.2) is 16.6 Å². The maximum atomic E-state index is 13.1. The van der Waals surface area contributed by atoms with Gasteiger partial charge in [-0.2, -0.15) is 0 Å². The number of benzene rings is 1. The van der Waals surface area contributed by atoms with Gasteiger partial charge in [0.2, 0.25) is 0 Å². The van der Waals surface area contributed by atoms with Crippen LogP contribution in [0.4, 0.5) is 0 Å². The molecule has 0 radical (unpaired) electrons. The van der Waals surface area contributed by atoms with Crippen molar-refractivity contribution in [3.63, 3.8) is 0 Å². The number of hydrogen-bond donors (Lipinski definition) is 1. The second kappa shape index (κ2) is 7.59. The molecule has 4 aromatic rings. The summed E-state index contributed by atoms with van der Waals surface area (Å²) in [5.41, 5.74) is 1.23. The number of thiophene rings is 1. The molecule has 6 nitrogen and oxygen atoms in total. The van der Waals surface area contributed by atoms with E-state index in [-0.39, 0.29) is 22.4 Å². The Morgan fingerprint density at radius 1 is 1.28 bits per heavy atom. The Morgan fingerprint density at radius 2 is 2.09 bits per heavy atom. The summed E-state index contributed by atoms with van der Waals surface area (Å²) in [4.78, 5) is 35.3. The van der Waals surface area contributed by atoms with Gasteiger partial charge >= 0.3 is 5.63 Å². The van der Waals surface area contributed by atoms with Crippen molar-refractivity contribution in [3.05, 3.63) is 55.5 Å². The van der Waals surface area contributed by atoms with E-state index in [4.69, 9.17) is 14.1 Å². The summed E-state index contributed by atoms with van der Waals surface area (Å²) in [5, 5.41) is 1.39. The van der Waals surface area contributed by atoms with Gasteiger partial charge in [-0.1, -0.05) is 32.9 Å². The Labute approximate surface area is 189 Å². The van der Waals surface area contributed by atoms with Crippen molar-refractivity contribution in [2.75, 3.05) is 6.61 Å². The third kappa shape index (κ3) is 3.45. The van der Waals surface area contributed by atoms with Crippen LogP contribution in [0.2, 0.25) is 0 Å². The average molecular weight is 451 g/mol. The number of nitrogens with one attached hydrogen (secondary N) is 1. The molecule has 7 heteroatoms. The van der Waals surface area contributed by atoms with Gasteiger partial charge in [0, 0.05) is 10.3 Å². The zero-order chi connectivity index (χ0) is 22.6. The van der Waals surface area contributed by atoms with Crippen LogP contribution in [0.25, 0.3) is 32.6 Å². The van der Waals surface area contributed by atoms with Crippen molar-refractivity contribution in [3.8, 4) is 17.1 Å². The number of nitrogens with zero attached hydrogens (tertiary/aromatic N) is 1. The quantitative estimate of drug-likeness (QED) is 0.428. The lowest BCUT2D eigenvalue weighted by Crippen LogP contribution is -2.26. The Hall–Kier alpha value is -2.93. The largest absolute Gasteiger partial charge is 0.490 e. The summed E-state index contributed by atoms with van der Waals surface area (Å²) in [5.74, 6) is 1.34. The zero-order valence-electron chi connectivity index (χ0n) is 18.7. The van der Waals surface area contributed by atoms with E-state index in [0.717, 1.165) is 24.8 Å². The molecule has 3 aromatic heterocycles. The van der Waals surface area contributed by atoms with Gasteiger partial charge in [0.05, 0.1) is 12.0 Å².